The maximum absolute atomic E-state index is 12.2. The van der Waals surface area contributed by atoms with Gasteiger partial charge in [-0.05, 0) is 25.7 Å². The molecular weight excluding hydrogens is 526 g/mol. The number of H-pyrrole nitrogens is 1. The minimum Gasteiger partial charge on any atom is -0.467 e. The number of methoxy groups -OCH3 is 1. The summed E-state index contributed by atoms with van der Waals surface area (Å²) in [5.41, 5.74) is 2.09. The zero-order chi connectivity index (χ0) is 27.4. The predicted octanol–water partition coefficient (Wildman–Crippen LogP) is 3.56. The van der Waals surface area contributed by atoms with Gasteiger partial charge in [-0.15, -0.1) is 0 Å². The first-order valence-corrected chi connectivity index (χ1v) is 12.3. The third-order valence-corrected chi connectivity index (χ3v) is 6.61. The molecule has 0 saturated heterocycles. The summed E-state index contributed by atoms with van der Waals surface area (Å²) in [5, 5.41) is 29.8. The van der Waals surface area contributed by atoms with Crippen LogP contribution >= 0.6 is 11.6 Å². The summed E-state index contributed by atoms with van der Waals surface area (Å²) in [7, 11) is 1.48. The number of aromatic nitrogens is 8. The van der Waals surface area contributed by atoms with E-state index in [1.165, 1.54) is 36.8 Å². The van der Waals surface area contributed by atoms with E-state index >= 15 is 0 Å². The van der Waals surface area contributed by atoms with Gasteiger partial charge in [0.1, 0.15) is 17.5 Å². The van der Waals surface area contributed by atoms with Crippen molar-refractivity contribution in [2.75, 3.05) is 17.3 Å². The smallest absolute Gasteiger partial charge is 0.413 e. The van der Waals surface area contributed by atoms with Crippen LogP contribution in [0.2, 0.25) is 5.02 Å². The van der Waals surface area contributed by atoms with Gasteiger partial charge in [-0.25, -0.2) is 29.7 Å². The van der Waals surface area contributed by atoms with Crippen LogP contribution in [0.15, 0.2) is 37.2 Å². The molecule has 4 aromatic heterocycles. The summed E-state index contributed by atoms with van der Waals surface area (Å²) in [5.74, 6) is 0.582. The molecule has 4 aromatic rings. The lowest BCUT2D eigenvalue weighted by atomic mass is 9.90. The highest BCUT2D eigenvalue weighted by Gasteiger charge is 2.31. The number of halogens is 1. The summed E-state index contributed by atoms with van der Waals surface area (Å²) < 4.78 is 4.96. The van der Waals surface area contributed by atoms with Crippen LogP contribution in [0, 0.1) is 11.3 Å². The Morgan fingerprint density at radius 3 is 2.46 bits per heavy atom. The summed E-state index contributed by atoms with van der Waals surface area (Å²) in [6, 6.07) is 2.03. The van der Waals surface area contributed by atoms with Gasteiger partial charge < -0.3 is 15.2 Å². The molecule has 39 heavy (non-hydrogen) atoms. The molecule has 4 heterocycles. The Labute approximate surface area is 227 Å². The zero-order valence-electron chi connectivity index (χ0n) is 20.6. The number of nitrogens with zero attached hydrogens (tertiary/aromatic N) is 9. The molecule has 0 bridgehead atoms. The number of nitriles is 1. The zero-order valence-corrected chi connectivity index (χ0v) is 21.4. The third-order valence-electron chi connectivity index (χ3n) is 6.32. The van der Waals surface area contributed by atoms with E-state index in [0.717, 1.165) is 0 Å². The number of ether oxygens (including phenoxy) is 1. The number of amides is 1. The summed E-state index contributed by atoms with van der Waals surface area (Å²) >= 11 is 6.16. The van der Waals surface area contributed by atoms with Crippen LogP contribution in [0.1, 0.15) is 31.2 Å². The molecule has 0 aliphatic heterocycles. The summed E-state index contributed by atoms with van der Waals surface area (Å²) in [6.45, 7) is 0. The number of nitrogens with one attached hydrogen (secondary N) is 2. The van der Waals surface area contributed by atoms with E-state index in [0.29, 0.717) is 59.3 Å². The van der Waals surface area contributed by atoms with Crippen LogP contribution in [0.3, 0.4) is 0 Å². The second-order valence-electron chi connectivity index (χ2n) is 8.67. The summed E-state index contributed by atoms with van der Waals surface area (Å²) in [4.78, 5) is 39.0. The number of carbonyl (C=O) groups is 1. The second-order valence-corrected chi connectivity index (χ2v) is 9.08. The molecule has 15 heteroatoms. The minimum atomic E-state index is -1.10. The number of hydrogen-bond acceptors (Lipinski definition) is 11. The SMILES string of the molecule is COc1ncc(-c2cnc(N(C(=O)O)[C@H]3CC[C@H](Nc4ncc(C#N)c(-c5n[nH]cc5Cl)n4)CC3)cn2)cn1. The maximum atomic E-state index is 12.2. The van der Waals surface area contributed by atoms with Crippen molar-refractivity contribution in [3.05, 3.63) is 47.8 Å². The fourth-order valence-corrected chi connectivity index (χ4v) is 4.59. The summed E-state index contributed by atoms with van der Waals surface area (Å²) in [6.07, 6.45) is 10.4. The first kappa shape index (κ1) is 25.7. The van der Waals surface area contributed by atoms with Crippen molar-refractivity contribution < 1.29 is 14.6 Å². The fourth-order valence-electron chi connectivity index (χ4n) is 4.41. The van der Waals surface area contributed by atoms with Crippen molar-refractivity contribution in [2.24, 2.45) is 0 Å². The van der Waals surface area contributed by atoms with Gasteiger partial charge in [-0.2, -0.15) is 10.4 Å². The van der Waals surface area contributed by atoms with Crippen LogP contribution < -0.4 is 15.0 Å². The van der Waals surface area contributed by atoms with E-state index in [1.807, 2.05) is 0 Å². The van der Waals surface area contributed by atoms with Gasteiger partial charge in [0.15, 0.2) is 5.82 Å². The second kappa shape index (κ2) is 11.2. The molecule has 198 valence electrons. The van der Waals surface area contributed by atoms with E-state index < -0.39 is 6.09 Å². The lowest BCUT2D eigenvalue weighted by molar-refractivity contribution is 0.195. The topological polar surface area (TPSA) is 192 Å². The van der Waals surface area contributed by atoms with E-state index in [-0.39, 0.29) is 29.5 Å². The highest BCUT2D eigenvalue weighted by atomic mass is 35.5. The standard InChI is InChI=1S/C24H22ClN11O3/c1-39-23-30-8-14(9-31-23)18-11-28-19(12-27-18)36(24(37)38)16-4-2-15(3-5-16)33-22-29-7-13(6-26)20(34-22)21-17(25)10-32-35-21/h7-12,15-16H,2-5H2,1H3,(H,32,35)(H,37,38)(H,29,33,34)/t15-,16-. The number of anilines is 2. The Kier molecular flexibility index (Phi) is 7.41. The highest BCUT2D eigenvalue weighted by molar-refractivity contribution is 6.32. The lowest BCUT2D eigenvalue weighted by Crippen LogP contribution is -2.44. The number of carboxylic acid groups (broad SMARTS) is 1. The van der Waals surface area contributed by atoms with Gasteiger partial charge in [0.25, 0.3) is 0 Å². The number of rotatable bonds is 7. The van der Waals surface area contributed by atoms with Crippen molar-refractivity contribution in [3.63, 3.8) is 0 Å². The molecular formula is C24H22ClN11O3. The fraction of sp³-hybridized carbons (Fsp3) is 0.292. The average molecular weight is 548 g/mol. The van der Waals surface area contributed by atoms with Crippen LogP contribution in [0.5, 0.6) is 6.01 Å². The van der Waals surface area contributed by atoms with Crippen LogP contribution in [-0.2, 0) is 0 Å². The molecule has 0 unspecified atom stereocenters. The van der Waals surface area contributed by atoms with Gasteiger partial charge in [0.2, 0.25) is 5.95 Å². The Hall–Kier alpha value is -4.90. The molecule has 1 amide bonds. The monoisotopic (exact) mass is 547 g/mol. The number of aromatic amines is 1. The Morgan fingerprint density at radius 1 is 1.10 bits per heavy atom. The van der Waals surface area contributed by atoms with Gasteiger partial charge in [-0.1, -0.05) is 11.6 Å². The first-order valence-electron chi connectivity index (χ1n) is 11.9. The molecule has 1 saturated carbocycles. The van der Waals surface area contributed by atoms with E-state index in [1.54, 1.807) is 12.4 Å². The lowest BCUT2D eigenvalue weighted by Gasteiger charge is -2.34. The first-order chi connectivity index (χ1) is 19.0. The molecule has 14 nitrogen and oxygen atoms in total. The molecule has 0 radical (unpaired) electrons. The maximum Gasteiger partial charge on any atom is 0.413 e. The molecule has 0 spiro atoms. The quantitative estimate of drug-likeness (QED) is 0.305. The van der Waals surface area contributed by atoms with Crippen molar-refractivity contribution >= 4 is 29.5 Å². The van der Waals surface area contributed by atoms with Gasteiger partial charge in [0, 0.05) is 36.2 Å². The average Bonchev–Trinajstić information content (AvgIpc) is 3.40. The molecule has 1 fully saturated rings. The molecule has 3 N–H and O–H groups in total. The molecule has 0 atom stereocenters. The van der Waals surface area contributed by atoms with E-state index in [2.05, 4.69) is 51.5 Å². The van der Waals surface area contributed by atoms with Crippen LogP contribution in [-0.4, -0.2) is 70.5 Å². The van der Waals surface area contributed by atoms with Gasteiger partial charge in [-0.3, -0.25) is 15.0 Å². The predicted molar refractivity (Wildman–Crippen MR) is 139 cm³/mol. The van der Waals surface area contributed by atoms with Crippen molar-refractivity contribution in [2.45, 2.75) is 37.8 Å². The normalized spacial score (nSPS) is 16.7. The van der Waals surface area contributed by atoms with Gasteiger partial charge >= 0.3 is 12.1 Å². The van der Waals surface area contributed by atoms with Crippen molar-refractivity contribution in [1.29, 1.82) is 5.26 Å². The van der Waals surface area contributed by atoms with Crippen LogP contribution in [0.4, 0.5) is 16.6 Å². The van der Waals surface area contributed by atoms with Gasteiger partial charge in [0.05, 0.1) is 42.0 Å². The number of hydrogen-bond donors (Lipinski definition) is 3. The highest BCUT2D eigenvalue weighted by Crippen LogP contribution is 2.30. The molecule has 0 aromatic carbocycles. The Morgan fingerprint density at radius 2 is 1.87 bits per heavy atom. The minimum absolute atomic E-state index is 0.0101. The van der Waals surface area contributed by atoms with Crippen LogP contribution in [0.25, 0.3) is 22.6 Å². The third kappa shape index (κ3) is 5.53. The van der Waals surface area contributed by atoms with Crippen molar-refractivity contribution in [1.82, 2.24) is 40.1 Å². The van der Waals surface area contributed by atoms with E-state index in [9.17, 15) is 15.2 Å². The largest absolute Gasteiger partial charge is 0.467 e. The molecule has 1 aliphatic carbocycles. The Balaban J connectivity index is 1.25. The van der Waals surface area contributed by atoms with Crippen molar-refractivity contribution in [3.8, 4) is 34.7 Å². The molecule has 5 rings (SSSR count). The molecule has 1 aliphatic rings. The van der Waals surface area contributed by atoms with E-state index in [4.69, 9.17) is 16.3 Å². The Bertz CT molecular complexity index is 1500.